The smallest absolute Gasteiger partial charge is 0.0697 e. The second-order valence-electron chi connectivity index (χ2n) is 3.98. The van der Waals surface area contributed by atoms with Gasteiger partial charge in [-0.05, 0) is 19.3 Å². The van der Waals surface area contributed by atoms with Crippen molar-refractivity contribution in [2.45, 2.75) is 46.0 Å². The summed E-state index contributed by atoms with van der Waals surface area (Å²) in [5.41, 5.74) is 1.14. The molecule has 0 saturated carbocycles. The molecule has 0 aliphatic heterocycles. The van der Waals surface area contributed by atoms with Crippen LogP contribution in [0.2, 0.25) is 0 Å². The van der Waals surface area contributed by atoms with Gasteiger partial charge in [-0.3, -0.25) is 0 Å². The van der Waals surface area contributed by atoms with Gasteiger partial charge in [-0.2, -0.15) is 5.26 Å². The zero-order chi connectivity index (χ0) is 11.5. The van der Waals surface area contributed by atoms with E-state index in [1.165, 1.54) is 12.8 Å². The van der Waals surface area contributed by atoms with Gasteiger partial charge in [0.2, 0.25) is 0 Å². The minimum Gasteiger partial charge on any atom is -0.376 e. The first-order valence-corrected chi connectivity index (χ1v) is 5.88. The Morgan fingerprint density at radius 2 is 2.13 bits per heavy atom. The Balaban J connectivity index is 3.51. The fraction of sp³-hybridized carbons (Fsp3) is 0.769. The standard InChI is InChI=1S/C13H23NO/c1-4-6-8-12(3)10-15-11-13(9-14)7-5-2/h13H,3-8,10-11H2,1-2H3. The quantitative estimate of drug-likeness (QED) is 0.542. The van der Waals surface area contributed by atoms with Gasteiger partial charge in [-0.25, -0.2) is 0 Å². The van der Waals surface area contributed by atoms with Gasteiger partial charge >= 0.3 is 0 Å². The fourth-order valence-electron chi connectivity index (χ4n) is 1.38. The van der Waals surface area contributed by atoms with Crippen molar-refractivity contribution in [1.29, 1.82) is 5.26 Å². The summed E-state index contributed by atoms with van der Waals surface area (Å²) >= 11 is 0. The first kappa shape index (κ1) is 14.2. The fourth-order valence-corrected chi connectivity index (χ4v) is 1.38. The van der Waals surface area contributed by atoms with Gasteiger partial charge in [0.15, 0.2) is 0 Å². The monoisotopic (exact) mass is 209 g/mol. The Morgan fingerprint density at radius 1 is 1.40 bits per heavy atom. The second-order valence-corrected chi connectivity index (χ2v) is 3.98. The van der Waals surface area contributed by atoms with Gasteiger partial charge in [0, 0.05) is 0 Å². The van der Waals surface area contributed by atoms with E-state index in [9.17, 15) is 0 Å². The summed E-state index contributed by atoms with van der Waals surface area (Å²) in [7, 11) is 0. The number of hydrogen-bond donors (Lipinski definition) is 0. The Hall–Kier alpha value is -0.810. The molecule has 1 atom stereocenters. The lowest BCUT2D eigenvalue weighted by Gasteiger charge is -2.10. The predicted molar refractivity (Wildman–Crippen MR) is 63.5 cm³/mol. The van der Waals surface area contributed by atoms with Crippen LogP contribution in [-0.2, 0) is 4.74 Å². The lowest BCUT2D eigenvalue weighted by Crippen LogP contribution is -2.09. The highest BCUT2D eigenvalue weighted by molar-refractivity contribution is 4.94. The molecule has 0 heterocycles. The first-order valence-electron chi connectivity index (χ1n) is 5.88. The van der Waals surface area contributed by atoms with Crippen LogP contribution in [0.1, 0.15) is 46.0 Å². The lowest BCUT2D eigenvalue weighted by molar-refractivity contribution is 0.129. The van der Waals surface area contributed by atoms with E-state index in [2.05, 4.69) is 26.5 Å². The average Bonchev–Trinajstić information content (AvgIpc) is 2.25. The third-order valence-electron chi connectivity index (χ3n) is 2.33. The van der Waals surface area contributed by atoms with Crippen LogP contribution in [0.25, 0.3) is 0 Å². The van der Waals surface area contributed by atoms with E-state index in [4.69, 9.17) is 10.00 Å². The summed E-state index contributed by atoms with van der Waals surface area (Å²) in [5.74, 6) is 0.0500. The predicted octanol–water partition coefficient (Wildman–Crippen LogP) is 3.69. The maximum absolute atomic E-state index is 8.81. The molecule has 0 rings (SSSR count). The number of hydrogen-bond acceptors (Lipinski definition) is 2. The SMILES string of the molecule is C=C(CCCC)COCC(C#N)CCC. The summed E-state index contributed by atoms with van der Waals surface area (Å²) in [5, 5.41) is 8.81. The Kier molecular flexibility index (Phi) is 9.21. The number of unbranched alkanes of at least 4 members (excludes halogenated alkanes) is 1. The van der Waals surface area contributed by atoms with Gasteiger partial charge in [-0.1, -0.05) is 38.8 Å². The molecule has 0 N–H and O–H groups in total. The number of ether oxygens (including phenoxy) is 1. The highest BCUT2D eigenvalue weighted by Crippen LogP contribution is 2.08. The molecular formula is C13H23NO. The van der Waals surface area contributed by atoms with Gasteiger partial charge in [0.25, 0.3) is 0 Å². The molecule has 0 amide bonds. The van der Waals surface area contributed by atoms with E-state index in [-0.39, 0.29) is 5.92 Å². The number of rotatable bonds is 9. The van der Waals surface area contributed by atoms with Gasteiger partial charge in [0.05, 0.1) is 25.2 Å². The van der Waals surface area contributed by atoms with Crippen molar-refractivity contribution in [1.82, 2.24) is 0 Å². The third kappa shape index (κ3) is 8.20. The van der Waals surface area contributed by atoms with Crippen LogP contribution < -0.4 is 0 Å². The van der Waals surface area contributed by atoms with Crippen LogP contribution in [0.3, 0.4) is 0 Å². The van der Waals surface area contributed by atoms with Crippen molar-refractivity contribution in [3.63, 3.8) is 0 Å². The largest absolute Gasteiger partial charge is 0.376 e. The number of nitrogens with zero attached hydrogens (tertiary/aromatic N) is 1. The highest BCUT2D eigenvalue weighted by atomic mass is 16.5. The zero-order valence-electron chi connectivity index (χ0n) is 10.1. The van der Waals surface area contributed by atoms with Crippen molar-refractivity contribution in [3.05, 3.63) is 12.2 Å². The van der Waals surface area contributed by atoms with Crippen LogP contribution in [0, 0.1) is 17.2 Å². The Morgan fingerprint density at radius 3 is 2.67 bits per heavy atom. The summed E-state index contributed by atoms with van der Waals surface area (Å²) < 4.78 is 5.48. The maximum atomic E-state index is 8.81. The molecule has 0 aliphatic carbocycles. The second kappa shape index (κ2) is 9.73. The van der Waals surface area contributed by atoms with Crippen LogP contribution in [0.5, 0.6) is 0 Å². The van der Waals surface area contributed by atoms with Crippen LogP contribution >= 0.6 is 0 Å². The molecule has 0 saturated heterocycles. The minimum atomic E-state index is 0.0500. The van der Waals surface area contributed by atoms with Crippen molar-refractivity contribution < 1.29 is 4.74 Å². The summed E-state index contributed by atoms with van der Waals surface area (Å²) in [6.07, 6.45) is 5.38. The molecule has 0 fully saturated rings. The molecule has 0 aromatic carbocycles. The molecule has 86 valence electrons. The van der Waals surface area contributed by atoms with Crippen LogP contribution in [0.4, 0.5) is 0 Å². The van der Waals surface area contributed by atoms with E-state index in [0.29, 0.717) is 13.2 Å². The van der Waals surface area contributed by atoms with Gasteiger partial charge in [0.1, 0.15) is 0 Å². The topological polar surface area (TPSA) is 33.0 Å². The molecule has 2 nitrogen and oxygen atoms in total. The minimum absolute atomic E-state index is 0.0500. The van der Waals surface area contributed by atoms with E-state index in [1.807, 2.05) is 0 Å². The van der Waals surface area contributed by atoms with E-state index in [1.54, 1.807) is 0 Å². The molecule has 0 aliphatic rings. The lowest BCUT2D eigenvalue weighted by atomic mass is 10.1. The molecule has 0 spiro atoms. The molecule has 15 heavy (non-hydrogen) atoms. The maximum Gasteiger partial charge on any atom is 0.0697 e. The molecule has 0 aromatic rings. The van der Waals surface area contributed by atoms with Crippen molar-refractivity contribution in [2.24, 2.45) is 5.92 Å². The Bertz CT molecular complexity index is 205. The van der Waals surface area contributed by atoms with E-state index >= 15 is 0 Å². The molecule has 0 radical (unpaired) electrons. The van der Waals surface area contributed by atoms with Crippen molar-refractivity contribution in [3.8, 4) is 6.07 Å². The van der Waals surface area contributed by atoms with Crippen molar-refractivity contribution in [2.75, 3.05) is 13.2 Å². The summed E-state index contributed by atoms with van der Waals surface area (Å²) in [6, 6.07) is 2.27. The number of nitriles is 1. The van der Waals surface area contributed by atoms with Crippen molar-refractivity contribution >= 4 is 0 Å². The summed E-state index contributed by atoms with van der Waals surface area (Å²) in [6.45, 7) is 9.37. The normalized spacial score (nSPS) is 12.1. The van der Waals surface area contributed by atoms with Gasteiger partial charge < -0.3 is 4.74 Å². The molecule has 0 aromatic heterocycles. The van der Waals surface area contributed by atoms with E-state index in [0.717, 1.165) is 24.8 Å². The average molecular weight is 209 g/mol. The van der Waals surface area contributed by atoms with Crippen LogP contribution in [0.15, 0.2) is 12.2 Å². The highest BCUT2D eigenvalue weighted by Gasteiger charge is 2.06. The summed E-state index contributed by atoms with van der Waals surface area (Å²) in [4.78, 5) is 0. The molecule has 2 heteroatoms. The Labute approximate surface area is 93.9 Å². The molecule has 0 bridgehead atoms. The zero-order valence-corrected chi connectivity index (χ0v) is 10.1. The first-order chi connectivity index (χ1) is 7.24. The molecule has 1 unspecified atom stereocenters. The molecular weight excluding hydrogens is 186 g/mol. The van der Waals surface area contributed by atoms with Crippen LogP contribution in [-0.4, -0.2) is 13.2 Å². The third-order valence-corrected chi connectivity index (χ3v) is 2.33. The van der Waals surface area contributed by atoms with E-state index < -0.39 is 0 Å². The van der Waals surface area contributed by atoms with Gasteiger partial charge in [-0.15, -0.1) is 0 Å².